The van der Waals surface area contributed by atoms with Gasteiger partial charge in [-0.2, -0.15) is 0 Å². The van der Waals surface area contributed by atoms with Crippen LogP contribution in [0.25, 0.3) is 0 Å². The lowest BCUT2D eigenvalue weighted by Crippen LogP contribution is -2.53. The highest BCUT2D eigenvalue weighted by atomic mass is 16.5. The van der Waals surface area contributed by atoms with Gasteiger partial charge < -0.3 is 29.7 Å². The lowest BCUT2D eigenvalue weighted by molar-refractivity contribution is -0.134. The zero-order valence-electron chi connectivity index (χ0n) is 20.2. The van der Waals surface area contributed by atoms with Gasteiger partial charge in [0.2, 0.25) is 11.8 Å². The van der Waals surface area contributed by atoms with Crippen molar-refractivity contribution in [2.45, 2.75) is 51.0 Å². The maximum Gasteiger partial charge on any atom is 0.257 e. The molecule has 3 amide bonds. The van der Waals surface area contributed by atoms with E-state index in [1.165, 1.54) is 6.92 Å². The molecule has 186 valence electrons. The molecule has 2 heterocycles. The molecule has 4 rings (SSSR count). The predicted octanol–water partition coefficient (Wildman–Crippen LogP) is 2.74. The van der Waals surface area contributed by atoms with Crippen molar-refractivity contribution in [2.24, 2.45) is 0 Å². The molecular formula is C26H31N3O6. The zero-order valence-corrected chi connectivity index (χ0v) is 20.2. The first kappa shape index (κ1) is 24.5. The summed E-state index contributed by atoms with van der Waals surface area (Å²) in [7, 11) is 3.36. The second-order valence-electron chi connectivity index (χ2n) is 8.89. The van der Waals surface area contributed by atoms with Crippen LogP contribution in [0.1, 0.15) is 42.1 Å². The maximum atomic E-state index is 13.2. The molecule has 0 aliphatic carbocycles. The van der Waals surface area contributed by atoms with E-state index in [1.807, 2.05) is 24.3 Å². The fraction of sp³-hybridized carbons (Fsp3) is 0.423. The van der Waals surface area contributed by atoms with Crippen LogP contribution >= 0.6 is 0 Å². The SMILES string of the molecule is COc1cccc(CNC(=O)C[C@@H]2CC[C@@H]3[C@H](COc4ccc(NC(C)=O)cc4C(=O)N3C)O2)c1. The van der Waals surface area contributed by atoms with Crippen molar-refractivity contribution in [1.82, 2.24) is 10.2 Å². The molecular weight excluding hydrogens is 450 g/mol. The molecule has 2 N–H and O–H groups in total. The quantitative estimate of drug-likeness (QED) is 0.657. The lowest BCUT2D eigenvalue weighted by atomic mass is 9.94. The van der Waals surface area contributed by atoms with Crippen molar-refractivity contribution in [3.63, 3.8) is 0 Å². The van der Waals surface area contributed by atoms with Crippen molar-refractivity contribution < 1.29 is 28.6 Å². The van der Waals surface area contributed by atoms with Gasteiger partial charge in [0.05, 0.1) is 31.2 Å². The fourth-order valence-corrected chi connectivity index (χ4v) is 4.57. The summed E-state index contributed by atoms with van der Waals surface area (Å²) in [5.74, 6) is 0.686. The third kappa shape index (κ3) is 5.92. The van der Waals surface area contributed by atoms with E-state index in [9.17, 15) is 14.4 Å². The number of carbonyl (C=O) groups excluding carboxylic acids is 3. The second-order valence-corrected chi connectivity index (χ2v) is 8.89. The number of carbonyl (C=O) groups is 3. The van der Waals surface area contributed by atoms with Gasteiger partial charge in [0.15, 0.2) is 0 Å². The van der Waals surface area contributed by atoms with Crippen LogP contribution in [0, 0.1) is 0 Å². The van der Waals surface area contributed by atoms with Crippen LogP contribution in [0.2, 0.25) is 0 Å². The molecule has 2 aliphatic heterocycles. The second kappa shape index (κ2) is 10.8. The number of nitrogens with one attached hydrogen (secondary N) is 2. The number of amides is 3. The topological polar surface area (TPSA) is 106 Å². The highest BCUT2D eigenvalue weighted by molar-refractivity contribution is 5.99. The van der Waals surface area contributed by atoms with Gasteiger partial charge in [-0.05, 0) is 48.7 Å². The van der Waals surface area contributed by atoms with Crippen LogP contribution in [0.4, 0.5) is 5.69 Å². The summed E-state index contributed by atoms with van der Waals surface area (Å²) >= 11 is 0. The Kier molecular flexibility index (Phi) is 7.55. The number of nitrogens with zero attached hydrogens (tertiary/aromatic N) is 1. The normalized spacial score (nSPS) is 21.5. The standard InChI is InChI=1S/C26H31N3O6/c1-16(30)28-18-7-10-23-21(12-18)26(32)29(2)22-9-8-20(35-24(22)15-34-23)13-25(31)27-14-17-5-4-6-19(11-17)33-3/h4-7,10-12,20,22,24H,8-9,13-15H2,1-3H3,(H,27,31)(H,28,30)/t20-,22+,24-/m0/s1. The first-order valence-electron chi connectivity index (χ1n) is 11.7. The lowest BCUT2D eigenvalue weighted by Gasteiger charge is -2.42. The summed E-state index contributed by atoms with van der Waals surface area (Å²) in [6.45, 7) is 2.09. The van der Waals surface area contributed by atoms with Crippen molar-refractivity contribution >= 4 is 23.4 Å². The fourth-order valence-electron chi connectivity index (χ4n) is 4.57. The van der Waals surface area contributed by atoms with Crippen LogP contribution in [0.3, 0.4) is 0 Å². The largest absolute Gasteiger partial charge is 0.497 e. The first-order chi connectivity index (χ1) is 16.8. The molecule has 0 aromatic heterocycles. The van der Waals surface area contributed by atoms with Crippen molar-refractivity contribution in [3.05, 3.63) is 53.6 Å². The van der Waals surface area contributed by atoms with E-state index < -0.39 is 0 Å². The Morgan fingerprint density at radius 1 is 1.17 bits per heavy atom. The Balaban J connectivity index is 1.37. The van der Waals surface area contributed by atoms with Gasteiger partial charge in [0, 0.05) is 26.2 Å². The van der Waals surface area contributed by atoms with E-state index >= 15 is 0 Å². The molecule has 2 aromatic carbocycles. The summed E-state index contributed by atoms with van der Waals surface area (Å²) in [5, 5.41) is 5.64. The Morgan fingerprint density at radius 2 is 2.00 bits per heavy atom. The Labute approximate surface area is 204 Å². The number of fused-ring (bicyclic) bond motifs is 2. The molecule has 1 fully saturated rings. The van der Waals surface area contributed by atoms with Gasteiger partial charge in [0.1, 0.15) is 24.2 Å². The van der Waals surface area contributed by atoms with E-state index in [1.54, 1.807) is 37.3 Å². The summed E-state index contributed by atoms with van der Waals surface area (Å²) in [6.07, 6.45) is 0.989. The van der Waals surface area contributed by atoms with Crippen LogP contribution in [0.5, 0.6) is 11.5 Å². The number of hydrogen-bond acceptors (Lipinski definition) is 6. The minimum absolute atomic E-state index is 0.0942. The van der Waals surface area contributed by atoms with E-state index in [0.29, 0.717) is 36.4 Å². The average Bonchev–Trinajstić information content (AvgIpc) is 2.85. The van der Waals surface area contributed by atoms with Crippen LogP contribution in [-0.2, 0) is 20.9 Å². The third-order valence-electron chi connectivity index (χ3n) is 6.37. The number of anilines is 1. The summed E-state index contributed by atoms with van der Waals surface area (Å²) in [5.41, 5.74) is 1.89. The summed E-state index contributed by atoms with van der Waals surface area (Å²) in [4.78, 5) is 38.9. The Hall–Kier alpha value is -3.59. The molecule has 0 unspecified atom stereocenters. The molecule has 0 spiro atoms. The number of ether oxygens (including phenoxy) is 3. The number of likely N-dealkylation sites (N-methyl/N-ethyl adjacent to an activating group) is 1. The molecule has 9 heteroatoms. The van der Waals surface area contributed by atoms with Crippen molar-refractivity contribution in [2.75, 3.05) is 26.1 Å². The van der Waals surface area contributed by atoms with Gasteiger partial charge in [0.25, 0.3) is 5.91 Å². The number of benzene rings is 2. The van der Waals surface area contributed by atoms with E-state index in [2.05, 4.69) is 10.6 Å². The van der Waals surface area contributed by atoms with E-state index in [0.717, 1.165) is 11.3 Å². The maximum absolute atomic E-state index is 13.2. The smallest absolute Gasteiger partial charge is 0.257 e. The number of rotatable bonds is 6. The monoisotopic (exact) mass is 481 g/mol. The Morgan fingerprint density at radius 3 is 2.77 bits per heavy atom. The molecule has 2 aromatic rings. The van der Waals surface area contributed by atoms with Crippen molar-refractivity contribution in [1.29, 1.82) is 0 Å². The number of hydrogen-bond donors (Lipinski definition) is 2. The van der Waals surface area contributed by atoms with Crippen molar-refractivity contribution in [3.8, 4) is 11.5 Å². The van der Waals surface area contributed by atoms with E-state index in [-0.39, 0.29) is 49.0 Å². The molecule has 3 atom stereocenters. The van der Waals surface area contributed by atoms with E-state index in [4.69, 9.17) is 14.2 Å². The minimum atomic E-state index is -0.350. The van der Waals surface area contributed by atoms with Gasteiger partial charge in [-0.3, -0.25) is 14.4 Å². The predicted molar refractivity (Wildman–Crippen MR) is 129 cm³/mol. The first-order valence-corrected chi connectivity index (χ1v) is 11.7. The van der Waals surface area contributed by atoms with Crippen LogP contribution in [0.15, 0.2) is 42.5 Å². The number of methoxy groups -OCH3 is 1. The van der Waals surface area contributed by atoms with Crippen LogP contribution in [-0.4, -0.2) is 61.6 Å². The Bertz CT molecular complexity index is 1100. The highest BCUT2D eigenvalue weighted by Gasteiger charge is 2.39. The van der Waals surface area contributed by atoms with Gasteiger partial charge in [-0.25, -0.2) is 0 Å². The average molecular weight is 482 g/mol. The molecule has 0 radical (unpaired) electrons. The zero-order chi connectivity index (χ0) is 24.9. The highest BCUT2D eigenvalue weighted by Crippen LogP contribution is 2.32. The summed E-state index contributed by atoms with van der Waals surface area (Å²) in [6, 6.07) is 12.4. The van der Waals surface area contributed by atoms with Crippen LogP contribution < -0.4 is 20.1 Å². The molecule has 9 nitrogen and oxygen atoms in total. The molecule has 0 bridgehead atoms. The minimum Gasteiger partial charge on any atom is -0.497 e. The van der Waals surface area contributed by atoms with Gasteiger partial charge >= 0.3 is 0 Å². The molecule has 2 aliphatic rings. The molecule has 0 saturated carbocycles. The van der Waals surface area contributed by atoms with Gasteiger partial charge in [-0.15, -0.1) is 0 Å². The molecule has 1 saturated heterocycles. The molecule has 35 heavy (non-hydrogen) atoms. The van der Waals surface area contributed by atoms with Gasteiger partial charge in [-0.1, -0.05) is 12.1 Å². The third-order valence-corrected chi connectivity index (χ3v) is 6.37. The summed E-state index contributed by atoms with van der Waals surface area (Å²) < 4.78 is 17.4.